The topological polar surface area (TPSA) is 73.6 Å². The molecule has 0 spiro atoms. The van der Waals surface area contributed by atoms with E-state index in [-0.39, 0.29) is 5.91 Å². The third-order valence-electron chi connectivity index (χ3n) is 3.39. The normalized spacial score (nSPS) is 10.5. The molecule has 0 aliphatic heterocycles. The minimum Gasteiger partial charge on any atom is -0.490 e. The Hall–Kier alpha value is -2.50. The molecular weight excluding hydrogens is 308 g/mol. The maximum Gasteiger partial charge on any atom is 0.261 e. The van der Waals surface area contributed by atoms with E-state index in [9.17, 15) is 4.79 Å². The highest BCUT2D eigenvalue weighted by Crippen LogP contribution is 2.31. The van der Waals surface area contributed by atoms with Gasteiger partial charge in [0.25, 0.3) is 5.91 Å². The van der Waals surface area contributed by atoms with Crippen molar-refractivity contribution in [2.45, 2.75) is 40.5 Å². The molecule has 0 saturated heterocycles. The molecule has 0 saturated carbocycles. The Balaban J connectivity index is 2.19. The molecule has 6 heteroatoms. The van der Waals surface area contributed by atoms with E-state index in [1.165, 1.54) is 0 Å². The Bertz CT molecular complexity index is 675. The molecule has 1 amide bonds. The van der Waals surface area contributed by atoms with Crippen molar-refractivity contribution in [3.8, 4) is 11.5 Å². The van der Waals surface area contributed by atoms with Crippen LogP contribution < -0.4 is 14.8 Å². The predicted octanol–water partition coefficient (Wildman–Crippen LogP) is 4.12. The molecule has 0 radical (unpaired) electrons. The summed E-state index contributed by atoms with van der Waals surface area (Å²) in [4.78, 5) is 12.4. The van der Waals surface area contributed by atoms with Crippen LogP contribution in [0.5, 0.6) is 11.5 Å². The Labute approximate surface area is 142 Å². The fraction of sp³-hybridized carbons (Fsp3) is 0.444. The summed E-state index contributed by atoms with van der Waals surface area (Å²) < 4.78 is 16.5. The van der Waals surface area contributed by atoms with Crippen molar-refractivity contribution in [3.05, 3.63) is 35.2 Å². The van der Waals surface area contributed by atoms with Crippen molar-refractivity contribution in [2.75, 3.05) is 18.5 Å². The summed E-state index contributed by atoms with van der Waals surface area (Å²) in [5.74, 6) is 1.55. The fourth-order valence-electron chi connectivity index (χ4n) is 2.24. The van der Waals surface area contributed by atoms with E-state index in [0.29, 0.717) is 47.4 Å². The Morgan fingerprint density at radius 1 is 1.12 bits per heavy atom. The summed E-state index contributed by atoms with van der Waals surface area (Å²) >= 11 is 0. The second-order valence-corrected chi connectivity index (χ2v) is 5.51. The van der Waals surface area contributed by atoms with Crippen LogP contribution in [0.2, 0.25) is 0 Å². The van der Waals surface area contributed by atoms with Crippen LogP contribution in [0.25, 0.3) is 0 Å². The van der Waals surface area contributed by atoms with Gasteiger partial charge in [0.1, 0.15) is 11.3 Å². The van der Waals surface area contributed by atoms with Gasteiger partial charge in [0, 0.05) is 11.8 Å². The van der Waals surface area contributed by atoms with Crippen molar-refractivity contribution >= 4 is 11.6 Å². The van der Waals surface area contributed by atoms with E-state index in [2.05, 4.69) is 10.5 Å². The number of carbonyl (C=O) groups is 1. The molecule has 130 valence electrons. The number of nitrogens with one attached hydrogen (secondary N) is 1. The summed E-state index contributed by atoms with van der Waals surface area (Å²) in [5.41, 5.74) is 1.66. The van der Waals surface area contributed by atoms with Crippen LogP contribution in [0.15, 0.2) is 22.7 Å². The number of aryl methyl sites for hydroxylation is 2. The molecule has 0 fully saturated rings. The second kappa shape index (κ2) is 8.38. The quantitative estimate of drug-likeness (QED) is 0.787. The van der Waals surface area contributed by atoms with E-state index in [1.54, 1.807) is 26.0 Å². The third-order valence-corrected chi connectivity index (χ3v) is 3.39. The monoisotopic (exact) mass is 332 g/mol. The molecule has 1 heterocycles. The number of hydrogen-bond acceptors (Lipinski definition) is 5. The Morgan fingerprint density at radius 3 is 2.38 bits per heavy atom. The maximum absolute atomic E-state index is 12.4. The second-order valence-electron chi connectivity index (χ2n) is 5.51. The van der Waals surface area contributed by atoms with Gasteiger partial charge in [-0.25, -0.2) is 0 Å². The number of amides is 1. The average Bonchev–Trinajstić information content (AvgIpc) is 2.90. The first-order valence-corrected chi connectivity index (χ1v) is 8.20. The van der Waals surface area contributed by atoms with E-state index in [4.69, 9.17) is 14.0 Å². The van der Waals surface area contributed by atoms with E-state index in [1.807, 2.05) is 19.9 Å². The highest BCUT2D eigenvalue weighted by Gasteiger charge is 2.18. The SMILES string of the molecule is CCCOc1ccc(NC(=O)c2c(C)noc2C)cc1OCCC. The molecule has 2 rings (SSSR count). The van der Waals surface area contributed by atoms with Gasteiger partial charge in [-0.2, -0.15) is 0 Å². The van der Waals surface area contributed by atoms with E-state index < -0.39 is 0 Å². The largest absolute Gasteiger partial charge is 0.490 e. The summed E-state index contributed by atoms with van der Waals surface area (Å²) in [6, 6.07) is 5.38. The lowest BCUT2D eigenvalue weighted by Gasteiger charge is -2.14. The molecule has 0 atom stereocenters. The molecule has 24 heavy (non-hydrogen) atoms. The Kier molecular flexibility index (Phi) is 6.23. The van der Waals surface area contributed by atoms with Crippen molar-refractivity contribution in [1.82, 2.24) is 5.16 Å². The average molecular weight is 332 g/mol. The highest BCUT2D eigenvalue weighted by molar-refractivity contribution is 6.05. The van der Waals surface area contributed by atoms with Gasteiger partial charge in [-0.1, -0.05) is 19.0 Å². The lowest BCUT2D eigenvalue weighted by Crippen LogP contribution is -2.14. The molecular formula is C18H24N2O4. The molecule has 0 unspecified atom stereocenters. The van der Waals surface area contributed by atoms with Crippen molar-refractivity contribution in [2.24, 2.45) is 0 Å². The fourth-order valence-corrected chi connectivity index (χ4v) is 2.24. The van der Waals surface area contributed by atoms with Gasteiger partial charge in [-0.15, -0.1) is 0 Å². The van der Waals surface area contributed by atoms with Crippen LogP contribution in [0.3, 0.4) is 0 Å². The van der Waals surface area contributed by atoms with Gasteiger partial charge in [0.2, 0.25) is 0 Å². The number of carbonyl (C=O) groups excluding carboxylic acids is 1. The number of nitrogens with zero attached hydrogens (tertiary/aromatic N) is 1. The van der Waals surface area contributed by atoms with Crippen molar-refractivity contribution in [3.63, 3.8) is 0 Å². The van der Waals surface area contributed by atoms with Gasteiger partial charge in [-0.3, -0.25) is 4.79 Å². The van der Waals surface area contributed by atoms with E-state index in [0.717, 1.165) is 12.8 Å². The zero-order valence-corrected chi connectivity index (χ0v) is 14.6. The molecule has 2 aromatic rings. The van der Waals surface area contributed by atoms with Crippen LogP contribution in [-0.4, -0.2) is 24.3 Å². The zero-order valence-electron chi connectivity index (χ0n) is 14.6. The number of ether oxygens (including phenoxy) is 2. The molecule has 6 nitrogen and oxygen atoms in total. The lowest BCUT2D eigenvalue weighted by atomic mass is 10.2. The number of aromatic nitrogens is 1. The van der Waals surface area contributed by atoms with E-state index >= 15 is 0 Å². The van der Waals surface area contributed by atoms with Crippen LogP contribution in [0.1, 0.15) is 48.5 Å². The molecule has 1 aromatic heterocycles. The smallest absolute Gasteiger partial charge is 0.261 e. The first-order valence-electron chi connectivity index (χ1n) is 8.20. The molecule has 1 aromatic carbocycles. The van der Waals surface area contributed by atoms with Crippen LogP contribution in [0.4, 0.5) is 5.69 Å². The standard InChI is InChI=1S/C18H24N2O4/c1-5-9-22-15-8-7-14(11-16(15)23-10-6-2)19-18(21)17-12(3)20-24-13(17)4/h7-8,11H,5-6,9-10H2,1-4H3,(H,19,21). The van der Waals surface area contributed by atoms with Gasteiger partial charge >= 0.3 is 0 Å². The van der Waals surface area contributed by atoms with Crippen LogP contribution >= 0.6 is 0 Å². The van der Waals surface area contributed by atoms with Gasteiger partial charge < -0.3 is 19.3 Å². The van der Waals surface area contributed by atoms with Gasteiger partial charge in [0.15, 0.2) is 11.5 Å². The lowest BCUT2D eigenvalue weighted by molar-refractivity contribution is 0.102. The number of anilines is 1. The predicted molar refractivity (Wildman–Crippen MR) is 91.9 cm³/mol. The summed E-state index contributed by atoms with van der Waals surface area (Å²) in [7, 11) is 0. The van der Waals surface area contributed by atoms with Gasteiger partial charge in [-0.05, 0) is 38.8 Å². The van der Waals surface area contributed by atoms with Crippen LogP contribution in [0, 0.1) is 13.8 Å². The molecule has 0 aliphatic rings. The summed E-state index contributed by atoms with van der Waals surface area (Å²) in [6.45, 7) is 8.74. The first kappa shape index (κ1) is 17.8. The first-order chi connectivity index (χ1) is 11.6. The summed E-state index contributed by atoms with van der Waals surface area (Å²) in [5, 5.41) is 6.66. The van der Waals surface area contributed by atoms with Crippen LogP contribution in [-0.2, 0) is 0 Å². The number of rotatable bonds is 8. The molecule has 0 aliphatic carbocycles. The number of benzene rings is 1. The minimum absolute atomic E-state index is 0.255. The van der Waals surface area contributed by atoms with Crippen molar-refractivity contribution in [1.29, 1.82) is 0 Å². The van der Waals surface area contributed by atoms with Gasteiger partial charge in [0.05, 0.1) is 18.9 Å². The minimum atomic E-state index is -0.255. The Morgan fingerprint density at radius 2 is 1.79 bits per heavy atom. The maximum atomic E-state index is 12.4. The summed E-state index contributed by atoms with van der Waals surface area (Å²) in [6.07, 6.45) is 1.81. The number of hydrogen-bond donors (Lipinski definition) is 1. The highest BCUT2D eigenvalue weighted by atomic mass is 16.5. The zero-order chi connectivity index (χ0) is 17.5. The molecule has 0 bridgehead atoms. The van der Waals surface area contributed by atoms with Crippen molar-refractivity contribution < 1.29 is 18.8 Å². The molecule has 1 N–H and O–H groups in total. The third kappa shape index (κ3) is 4.28.